The molecule has 0 radical (unpaired) electrons. The third-order valence-electron chi connectivity index (χ3n) is 7.59. The summed E-state index contributed by atoms with van der Waals surface area (Å²) < 4.78 is 0. The molecule has 0 aliphatic carbocycles. The number of hydrogen-bond acceptors (Lipinski definition) is 3. The molecular weight excluding hydrogens is 450 g/mol. The maximum absolute atomic E-state index is 3.85. The third-order valence-corrected chi connectivity index (χ3v) is 7.59. The number of anilines is 2. The number of rotatable bonds is 13. The lowest BCUT2D eigenvalue weighted by molar-refractivity contribution is 0.372. The van der Waals surface area contributed by atoms with Gasteiger partial charge >= 0.3 is 0 Å². The minimum Gasteiger partial charge on any atom is -0.383 e. The molecule has 0 spiro atoms. The monoisotopic (exact) mass is 507 g/mol. The normalized spacial score (nSPS) is 12.3. The topological polar surface area (TPSA) is 27.3 Å². The molecule has 0 aliphatic heterocycles. The van der Waals surface area contributed by atoms with E-state index in [0.29, 0.717) is 35.5 Å². The first-order valence-corrected chi connectivity index (χ1v) is 14.8. The van der Waals surface area contributed by atoms with Crippen LogP contribution in [-0.2, 0) is 0 Å². The molecule has 0 atom stereocenters. The van der Waals surface area contributed by atoms with Gasteiger partial charge in [0.05, 0.1) is 6.67 Å². The number of benzene rings is 2. The Morgan fingerprint density at radius 3 is 1.14 bits per heavy atom. The molecule has 0 aliphatic rings. The zero-order chi connectivity index (χ0) is 28.0. The SMILES string of the molecule is CC(C)c1cc(C(C)C)c(NCCN(C)CNc2c(C(C)C)cc(C(C)C)cc2C(C)C)c(C(C)C)c1. The lowest BCUT2D eigenvalue weighted by atomic mass is 9.87. The summed E-state index contributed by atoms with van der Waals surface area (Å²) in [5.74, 6) is 3.06. The van der Waals surface area contributed by atoms with Gasteiger partial charge < -0.3 is 10.6 Å². The molecule has 0 aromatic heterocycles. The molecule has 0 saturated carbocycles. The van der Waals surface area contributed by atoms with Gasteiger partial charge in [0.1, 0.15) is 0 Å². The van der Waals surface area contributed by atoms with Crippen molar-refractivity contribution in [3.8, 4) is 0 Å². The summed E-state index contributed by atoms with van der Waals surface area (Å²) in [5, 5.41) is 7.69. The summed E-state index contributed by atoms with van der Waals surface area (Å²) in [6.45, 7) is 30.4. The highest BCUT2D eigenvalue weighted by Crippen LogP contribution is 2.37. The van der Waals surface area contributed by atoms with Gasteiger partial charge in [-0.15, -0.1) is 0 Å². The van der Waals surface area contributed by atoms with E-state index in [0.717, 1.165) is 19.8 Å². The minimum atomic E-state index is 0.489. The van der Waals surface area contributed by atoms with E-state index in [1.165, 1.54) is 44.8 Å². The Labute approximate surface area is 229 Å². The van der Waals surface area contributed by atoms with Gasteiger partial charge in [-0.25, -0.2) is 0 Å². The lowest BCUT2D eigenvalue weighted by Crippen LogP contribution is -2.31. The van der Waals surface area contributed by atoms with Crippen LogP contribution in [0.25, 0.3) is 0 Å². The van der Waals surface area contributed by atoms with Crippen molar-refractivity contribution in [3.63, 3.8) is 0 Å². The van der Waals surface area contributed by atoms with Crippen LogP contribution >= 0.6 is 0 Å². The Morgan fingerprint density at radius 2 is 0.838 bits per heavy atom. The molecule has 37 heavy (non-hydrogen) atoms. The van der Waals surface area contributed by atoms with Crippen LogP contribution in [-0.4, -0.2) is 31.7 Å². The summed E-state index contributed by atoms with van der Waals surface area (Å²) in [6.07, 6.45) is 0. The minimum absolute atomic E-state index is 0.489. The Bertz CT molecular complexity index is 940. The van der Waals surface area contributed by atoms with Gasteiger partial charge in [-0.1, -0.05) is 107 Å². The molecule has 2 aromatic carbocycles. The summed E-state index contributed by atoms with van der Waals surface area (Å²) in [4.78, 5) is 2.39. The average Bonchev–Trinajstić information content (AvgIpc) is 2.81. The van der Waals surface area contributed by atoms with Crippen molar-refractivity contribution in [2.75, 3.05) is 37.4 Å². The standard InChI is InChI=1S/C34H57N3/c1-21(2)27-16-29(23(5)6)33(30(17-27)24(7)8)35-14-15-37(13)20-36-34-31(25(9)10)18-28(22(3)4)19-32(34)26(11)12/h16-19,21-26,35-36H,14-15,20H2,1-13H3. The van der Waals surface area contributed by atoms with Crippen LogP contribution in [0.15, 0.2) is 24.3 Å². The van der Waals surface area contributed by atoms with Crippen LogP contribution < -0.4 is 10.6 Å². The summed E-state index contributed by atoms with van der Waals surface area (Å²) in [5.41, 5.74) is 11.4. The molecule has 2 N–H and O–H groups in total. The first-order chi connectivity index (χ1) is 17.2. The molecule has 0 unspecified atom stereocenters. The van der Waals surface area contributed by atoms with E-state index in [2.05, 4.69) is 130 Å². The fraction of sp³-hybridized carbons (Fsp3) is 0.647. The molecule has 208 valence electrons. The molecule has 0 saturated heterocycles. The average molecular weight is 508 g/mol. The van der Waals surface area contributed by atoms with E-state index in [9.17, 15) is 0 Å². The fourth-order valence-corrected chi connectivity index (χ4v) is 4.98. The second-order valence-electron chi connectivity index (χ2n) is 12.9. The van der Waals surface area contributed by atoms with Gasteiger partial charge in [0, 0.05) is 24.5 Å². The van der Waals surface area contributed by atoms with Gasteiger partial charge in [-0.05, 0) is 75.9 Å². The van der Waals surface area contributed by atoms with E-state index < -0.39 is 0 Å². The van der Waals surface area contributed by atoms with Crippen molar-refractivity contribution >= 4 is 11.4 Å². The number of nitrogens with one attached hydrogen (secondary N) is 2. The van der Waals surface area contributed by atoms with Crippen LogP contribution in [0, 0.1) is 0 Å². The van der Waals surface area contributed by atoms with Crippen LogP contribution in [0.4, 0.5) is 11.4 Å². The fourth-order valence-electron chi connectivity index (χ4n) is 4.98. The quantitative estimate of drug-likeness (QED) is 0.264. The van der Waals surface area contributed by atoms with Crippen molar-refractivity contribution in [2.45, 2.75) is 119 Å². The Morgan fingerprint density at radius 1 is 0.514 bits per heavy atom. The van der Waals surface area contributed by atoms with Crippen molar-refractivity contribution in [1.29, 1.82) is 0 Å². The van der Waals surface area contributed by atoms with Crippen LogP contribution in [0.2, 0.25) is 0 Å². The zero-order valence-electron chi connectivity index (χ0n) is 26.3. The highest BCUT2D eigenvalue weighted by Gasteiger charge is 2.19. The number of nitrogens with zero attached hydrogens (tertiary/aromatic N) is 1. The molecule has 0 bridgehead atoms. The maximum Gasteiger partial charge on any atom is 0.0676 e. The van der Waals surface area contributed by atoms with Gasteiger partial charge in [0.25, 0.3) is 0 Å². The molecule has 0 fully saturated rings. The maximum atomic E-state index is 3.85. The largest absolute Gasteiger partial charge is 0.383 e. The number of likely N-dealkylation sites (N-methyl/N-ethyl adjacent to an activating group) is 1. The van der Waals surface area contributed by atoms with Crippen LogP contribution in [0.1, 0.15) is 152 Å². The number of hydrogen-bond donors (Lipinski definition) is 2. The third kappa shape index (κ3) is 8.24. The smallest absolute Gasteiger partial charge is 0.0676 e. The molecule has 0 heterocycles. The Hall–Kier alpha value is -2.00. The van der Waals surface area contributed by atoms with Crippen molar-refractivity contribution in [2.24, 2.45) is 0 Å². The summed E-state index contributed by atoms with van der Waals surface area (Å²) in [6, 6.07) is 9.70. The van der Waals surface area contributed by atoms with Crippen molar-refractivity contribution in [3.05, 3.63) is 57.6 Å². The van der Waals surface area contributed by atoms with Crippen molar-refractivity contribution in [1.82, 2.24) is 4.90 Å². The van der Waals surface area contributed by atoms with Crippen LogP contribution in [0.5, 0.6) is 0 Å². The molecule has 3 nitrogen and oxygen atoms in total. The van der Waals surface area contributed by atoms with E-state index >= 15 is 0 Å². The zero-order valence-corrected chi connectivity index (χ0v) is 26.3. The highest BCUT2D eigenvalue weighted by molar-refractivity contribution is 5.63. The van der Waals surface area contributed by atoms with E-state index in [4.69, 9.17) is 0 Å². The lowest BCUT2D eigenvalue weighted by Gasteiger charge is -2.27. The summed E-state index contributed by atoms with van der Waals surface area (Å²) >= 11 is 0. The summed E-state index contributed by atoms with van der Waals surface area (Å²) in [7, 11) is 2.22. The van der Waals surface area contributed by atoms with E-state index in [1.54, 1.807) is 0 Å². The van der Waals surface area contributed by atoms with Gasteiger partial charge in [0.2, 0.25) is 0 Å². The van der Waals surface area contributed by atoms with Gasteiger partial charge in [0.15, 0.2) is 0 Å². The molecule has 2 rings (SSSR count). The van der Waals surface area contributed by atoms with E-state index in [-0.39, 0.29) is 0 Å². The molecule has 3 heteroatoms. The first-order valence-electron chi connectivity index (χ1n) is 14.8. The second kappa shape index (κ2) is 13.7. The second-order valence-corrected chi connectivity index (χ2v) is 12.9. The predicted octanol–water partition coefficient (Wildman–Crippen LogP) is 9.84. The Kier molecular flexibility index (Phi) is 11.6. The molecular formula is C34H57N3. The first kappa shape index (κ1) is 31.2. The molecule has 2 aromatic rings. The predicted molar refractivity (Wildman–Crippen MR) is 167 cm³/mol. The van der Waals surface area contributed by atoms with E-state index in [1.807, 2.05) is 0 Å². The Balaban J connectivity index is 2.18. The van der Waals surface area contributed by atoms with Gasteiger partial charge in [-0.3, -0.25) is 4.90 Å². The van der Waals surface area contributed by atoms with Gasteiger partial charge in [-0.2, -0.15) is 0 Å². The van der Waals surface area contributed by atoms with Crippen molar-refractivity contribution < 1.29 is 0 Å². The highest BCUT2D eigenvalue weighted by atomic mass is 15.2. The van der Waals surface area contributed by atoms with Crippen LogP contribution in [0.3, 0.4) is 0 Å². The molecule has 0 amide bonds.